The first-order valence-electron chi connectivity index (χ1n) is 9.18. The fourth-order valence-electron chi connectivity index (χ4n) is 2.98. The summed E-state index contributed by atoms with van der Waals surface area (Å²) >= 11 is 13.6. The Hall–Kier alpha value is -2.02. The van der Waals surface area contributed by atoms with E-state index in [4.69, 9.17) is 23.2 Å². The molecule has 1 heterocycles. The van der Waals surface area contributed by atoms with E-state index in [9.17, 15) is 4.79 Å². The molecule has 2 unspecified atom stereocenters. The Labute approximate surface area is 184 Å². The lowest BCUT2D eigenvalue weighted by atomic mass is 10.1. The van der Waals surface area contributed by atoms with Crippen LogP contribution in [0.1, 0.15) is 36.8 Å². The van der Waals surface area contributed by atoms with Gasteiger partial charge in [0.05, 0.1) is 17.0 Å². The number of rotatable bonds is 6. The van der Waals surface area contributed by atoms with Gasteiger partial charge in [0.1, 0.15) is 5.82 Å². The normalized spacial score (nSPS) is 13.2. The fourth-order valence-corrected chi connectivity index (χ4v) is 4.47. The molecule has 3 aromatic rings. The molecule has 0 saturated carbocycles. The van der Waals surface area contributed by atoms with E-state index >= 15 is 0 Å². The Bertz CT molecular complexity index is 1040. The molecule has 1 N–H and O–H groups in total. The maximum atomic E-state index is 12.8. The summed E-state index contributed by atoms with van der Waals surface area (Å²) in [5, 5.41) is 12.9. The van der Waals surface area contributed by atoms with Crippen LogP contribution in [0, 0.1) is 13.8 Å². The van der Waals surface area contributed by atoms with Gasteiger partial charge in [-0.15, -0.1) is 10.2 Å². The van der Waals surface area contributed by atoms with Crippen molar-refractivity contribution in [2.45, 2.75) is 44.1 Å². The van der Waals surface area contributed by atoms with Crippen molar-refractivity contribution in [1.82, 2.24) is 20.1 Å². The molecule has 152 valence electrons. The van der Waals surface area contributed by atoms with Crippen LogP contribution in [0.15, 0.2) is 47.6 Å². The van der Waals surface area contributed by atoms with Gasteiger partial charge in [-0.1, -0.05) is 59.2 Å². The number of carbonyl (C=O) groups is 1. The zero-order valence-electron chi connectivity index (χ0n) is 16.6. The molecule has 0 bridgehead atoms. The van der Waals surface area contributed by atoms with E-state index in [0.29, 0.717) is 15.2 Å². The summed E-state index contributed by atoms with van der Waals surface area (Å²) in [6.45, 7) is 7.68. The largest absolute Gasteiger partial charge is 0.349 e. The predicted molar refractivity (Wildman–Crippen MR) is 119 cm³/mol. The monoisotopic (exact) mass is 448 g/mol. The SMILES string of the molecule is Cc1ccccc1-n1c(C)nnc1SC(C)C(=O)NC(C)c1ccc(Cl)cc1Cl. The van der Waals surface area contributed by atoms with E-state index in [2.05, 4.69) is 15.5 Å². The highest BCUT2D eigenvalue weighted by Crippen LogP contribution is 2.29. The van der Waals surface area contributed by atoms with Crippen LogP contribution in [0.4, 0.5) is 0 Å². The van der Waals surface area contributed by atoms with Crippen molar-refractivity contribution in [2.75, 3.05) is 0 Å². The lowest BCUT2D eigenvalue weighted by molar-refractivity contribution is -0.120. The number of carbonyl (C=O) groups excluding carboxylic acids is 1. The van der Waals surface area contributed by atoms with Crippen molar-refractivity contribution in [2.24, 2.45) is 0 Å². The second kappa shape index (κ2) is 9.20. The molecule has 5 nitrogen and oxygen atoms in total. The minimum atomic E-state index is -0.366. The van der Waals surface area contributed by atoms with E-state index in [1.165, 1.54) is 11.8 Å². The number of thioether (sulfide) groups is 1. The molecule has 1 amide bonds. The number of nitrogens with one attached hydrogen (secondary N) is 1. The van der Waals surface area contributed by atoms with Gasteiger partial charge in [-0.2, -0.15) is 0 Å². The predicted octanol–water partition coefficient (Wildman–Crippen LogP) is 5.55. The molecule has 29 heavy (non-hydrogen) atoms. The number of aromatic nitrogens is 3. The summed E-state index contributed by atoms with van der Waals surface area (Å²) in [4.78, 5) is 12.8. The molecule has 0 fully saturated rings. The second-order valence-electron chi connectivity index (χ2n) is 6.81. The van der Waals surface area contributed by atoms with Crippen LogP contribution < -0.4 is 5.32 Å². The van der Waals surface area contributed by atoms with Gasteiger partial charge < -0.3 is 5.32 Å². The molecular formula is C21H22Cl2N4OS. The molecule has 2 aromatic carbocycles. The van der Waals surface area contributed by atoms with E-state index in [0.717, 1.165) is 22.6 Å². The average Bonchev–Trinajstić information content (AvgIpc) is 3.02. The molecule has 0 aliphatic rings. The van der Waals surface area contributed by atoms with Crippen molar-refractivity contribution in [3.63, 3.8) is 0 Å². The van der Waals surface area contributed by atoms with E-state index in [1.54, 1.807) is 12.1 Å². The van der Waals surface area contributed by atoms with Gasteiger partial charge in [-0.05, 0) is 57.0 Å². The summed E-state index contributed by atoms with van der Waals surface area (Å²) in [5.74, 6) is 0.668. The first-order chi connectivity index (χ1) is 13.8. The second-order valence-corrected chi connectivity index (χ2v) is 8.96. The van der Waals surface area contributed by atoms with Gasteiger partial charge in [0.15, 0.2) is 5.16 Å². The Morgan fingerprint density at radius 2 is 1.83 bits per heavy atom. The van der Waals surface area contributed by atoms with Gasteiger partial charge in [0, 0.05) is 10.0 Å². The van der Waals surface area contributed by atoms with Crippen LogP contribution in [0.25, 0.3) is 5.69 Å². The molecule has 8 heteroatoms. The molecule has 2 atom stereocenters. The number of para-hydroxylation sites is 1. The fraction of sp³-hybridized carbons (Fsp3) is 0.286. The number of hydrogen-bond acceptors (Lipinski definition) is 4. The van der Waals surface area contributed by atoms with Crippen LogP contribution in [-0.2, 0) is 4.79 Å². The summed E-state index contributed by atoms with van der Waals surface area (Å²) in [7, 11) is 0. The Morgan fingerprint density at radius 3 is 2.52 bits per heavy atom. The Morgan fingerprint density at radius 1 is 1.10 bits per heavy atom. The van der Waals surface area contributed by atoms with E-state index < -0.39 is 0 Å². The lowest BCUT2D eigenvalue weighted by Crippen LogP contribution is -2.33. The van der Waals surface area contributed by atoms with Gasteiger partial charge in [-0.25, -0.2) is 0 Å². The third kappa shape index (κ3) is 4.94. The molecule has 0 aliphatic heterocycles. The number of halogens is 2. The molecule has 0 radical (unpaired) electrons. The van der Waals surface area contributed by atoms with Crippen molar-refractivity contribution >= 4 is 40.9 Å². The third-order valence-corrected chi connectivity index (χ3v) is 6.20. The summed E-state index contributed by atoms with van der Waals surface area (Å²) in [6.07, 6.45) is 0. The third-order valence-electron chi connectivity index (χ3n) is 4.59. The van der Waals surface area contributed by atoms with Crippen LogP contribution in [0.3, 0.4) is 0 Å². The highest BCUT2D eigenvalue weighted by Gasteiger charge is 2.22. The smallest absolute Gasteiger partial charge is 0.233 e. The maximum Gasteiger partial charge on any atom is 0.233 e. The molecule has 0 spiro atoms. The number of benzene rings is 2. The first kappa shape index (κ1) is 21.7. The standard InChI is InChI=1S/C21H22Cl2N4OS/c1-12-7-5-6-8-19(12)27-15(4)25-26-21(27)29-14(3)20(28)24-13(2)17-10-9-16(22)11-18(17)23/h5-11,13-14H,1-4H3,(H,24,28). The highest BCUT2D eigenvalue weighted by molar-refractivity contribution is 8.00. The topological polar surface area (TPSA) is 59.8 Å². The highest BCUT2D eigenvalue weighted by atomic mass is 35.5. The van der Waals surface area contributed by atoms with Gasteiger partial charge in [-0.3, -0.25) is 9.36 Å². The summed E-state index contributed by atoms with van der Waals surface area (Å²) in [6, 6.07) is 13.0. The number of nitrogens with zero attached hydrogens (tertiary/aromatic N) is 3. The van der Waals surface area contributed by atoms with Gasteiger partial charge >= 0.3 is 0 Å². The minimum absolute atomic E-state index is 0.106. The van der Waals surface area contributed by atoms with Crippen LogP contribution in [0.2, 0.25) is 10.0 Å². The minimum Gasteiger partial charge on any atom is -0.349 e. The van der Waals surface area contributed by atoms with Crippen molar-refractivity contribution in [3.8, 4) is 5.69 Å². The first-order valence-corrected chi connectivity index (χ1v) is 10.8. The Kier molecular flexibility index (Phi) is 6.88. The molecule has 0 aliphatic carbocycles. The van der Waals surface area contributed by atoms with Crippen molar-refractivity contribution in [1.29, 1.82) is 0 Å². The zero-order valence-corrected chi connectivity index (χ0v) is 18.9. The van der Waals surface area contributed by atoms with Crippen molar-refractivity contribution in [3.05, 3.63) is 69.5 Å². The average molecular weight is 449 g/mol. The van der Waals surface area contributed by atoms with Gasteiger partial charge in [0.2, 0.25) is 5.91 Å². The summed E-state index contributed by atoms with van der Waals surface area (Å²) in [5.41, 5.74) is 2.94. The van der Waals surface area contributed by atoms with Crippen LogP contribution >= 0.6 is 35.0 Å². The maximum absolute atomic E-state index is 12.8. The molecular weight excluding hydrogens is 427 g/mol. The molecule has 0 saturated heterocycles. The van der Waals surface area contributed by atoms with Gasteiger partial charge in [0.25, 0.3) is 0 Å². The zero-order chi connectivity index (χ0) is 21.1. The van der Waals surface area contributed by atoms with E-state index in [-0.39, 0.29) is 17.2 Å². The number of hydrogen-bond donors (Lipinski definition) is 1. The number of amides is 1. The van der Waals surface area contributed by atoms with E-state index in [1.807, 2.05) is 62.6 Å². The number of aryl methyl sites for hydroxylation is 2. The molecule has 3 rings (SSSR count). The summed E-state index contributed by atoms with van der Waals surface area (Å²) < 4.78 is 1.98. The quantitative estimate of drug-likeness (QED) is 0.502. The van der Waals surface area contributed by atoms with Crippen LogP contribution in [-0.4, -0.2) is 25.9 Å². The lowest BCUT2D eigenvalue weighted by Gasteiger charge is -2.19. The van der Waals surface area contributed by atoms with Crippen molar-refractivity contribution < 1.29 is 4.79 Å². The molecule has 1 aromatic heterocycles. The Balaban J connectivity index is 1.75. The van der Waals surface area contributed by atoms with Crippen LogP contribution in [0.5, 0.6) is 0 Å².